The highest BCUT2D eigenvalue weighted by molar-refractivity contribution is 5.37. The zero-order valence-corrected chi connectivity index (χ0v) is 11.2. The molecule has 2 heterocycles. The average molecular weight is 249 g/mol. The molecule has 1 fully saturated rings. The van der Waals surface area contributed by atoms with Crippen LogP contribution in [0.15, 0.2) is 12.3 Å². The molecule has 0 unspecified atom stereocenters. The van der Waals surface area contributed by atoms with Gasteiger partial charge in [0.1, 0.15) is 11.6 Å². The predicted octanol–water partition coefficient (Wildman–Crippen LogP) is 0.646. The first kappa shape index (κ1) is 13.2. The molecule has 100 valence electrons. The molecule has 1 saturated heterocycles. The van der Waals surface area contributed by atoms with Crippen molar-refractivity contribution < 1.29 is 0 Å². The minimum absolute atomic E-state index is 0.783. The van der Waals surface area contributed by atoms with Crippen molar-refractivity contribution in [3.05, 3.63) is 18.1 Å². The Labute approximate surface area is 109 Å². The molecule has 1 aromatic heterocycles. The Hall–Kier alpha value is -1.20. The highest BCUT2D eigenvalue weighted by Crippen LogP contribution is 2.13. The maximum atomic E-state index is 5.57. The maximum absolute atomic E-state index is 5.57. The van der Waals surface area contributed by atoms with Crippen LogP contribution in [0.25, 0.3) is 0 Å². The van der Waals surface area contributed by atoms with Crippen LogP contribution in [0.3, 0.4) is 0 Å². The van der Waals surface area contributed by atoms with Gasteiger partial charge in [0.25, 0.3) is 0 Å². The molecule has 1 aliphatic rings. The molecule has 0 aromatic carbocycles. The third-order valence-electron chi connectivity index (χ3n) is 3.35. The second kappa shape index (κ2) is 6.66. The van der Waals surface area contributed by atoms with Crippen LogP contribution in [-0.4, -0.2) is 54.1 Å². The van der Waals surface area contributed by atoms with Crippen molar-refractivity contribution in [1.29, 1.82) is 0 Å². The molecule has 0 aliphatic carbocycles. The Morgan fingerprint density at radius 1 is 1.28 bits per heavy atom. The van der Waals surface area contributed by atoms with E-state index in [0.29, 0.717) is 0 Å². The highest BCUT2D eigenvalue weighted by Gasteiger charge is 2.15. The number of aryl methyl sites for hydroxylation is 1. The van der Waals surface area contributed by atoms with Gasteiger partial charge in [0.15, 0.2) is 0 Å². The van der Waals surface area contributed by atoms with E-state index in [1.807, 2.05) is 19.2 Å². The second-order valence-corrected chi connectivity index (χ2v) is 4.79. The van der Waals surface area contributed by atoms with Gasteiger partial charge in [0.05, 0.1) is 0 Å². The molecular formula is C13H23N5. The molecular weight excluding hydrogens is 226 g/mol. The molecule has 0 radical (unpaired) electrons. The van der Waals surface area contributed by atoms with Crippen molar-refractivity contribution in [3.8, 4) is 0 Å². The first-order valence-corrected chi connectivity index (χ1v) is 6.76. The highest BCUT2D eigenvalue weighted by atomic mass is 15.2. The van der Waals surface area contributed by atoms with Crippen LogP contribution in [-0.2, 0) is 0 Å². The van der Waals surface area contributed by atoms with Crippen LogP contribution in [0.5, 0.6) is 0 Å². The third kappa shape index (κ3) is 3.65. The molecule has 0 amide bonds. The summed E-state index contributed by atoms with van der Waals surface area (Å²) in [5.41, 5.74) is 5.57. The van der Waals surface area contributed by atoms with Crippen molar-refractivity contribution in [3.63, 3.8) is 0 Å². The zero-order valence-electron chi connectivity index (χ0n) is 11.2. The summed E-state index contributed by atoms with van der Waals surface area (Å²) in [5.74, 6) is 1.90. The number of aromatic nitrogens is 2. The van der Waals surface area contributed by atoms with Gasteiger partial charge in [-0.25, -0.2) is 9.97 Å². The van der Waals surface area contributed by atoms with Gasteiger partial charge in [-0.15, -0.1) is 0 Å². The summed E-state index contributed by atoms with van der Waals surface area (Å²) in [6, 6.07) is 2.00. The standard InChI is InChI=1S/C13H23N5/c1-12-15-6-4-13(16-12)18-9-3-8-17(10-11-18)7-2-5-14/h4,6H,2-3,5,7-11,14H2,1H3. The minimum Gasteiger partial charge on any atom is -0.355 e. The normalized spacial score (nSPS) is 17.8. The van der Waals surface area contributed by atoms with Gasteiger partial charge < -0.3 is 15.5 Å². The van der Waals surface area contributed by atoms with Crippen molar-refractivity contribution in [2.75, 3.05) is 44.2 Å². The molecule has 1 aliphatic heterocycles. The summed E-state index contributed by atoms with van der Waals surface area (Å²) in [4.78, 5) is 13.5. The van der Waals surface area contributed by atoms with Gasteiger partial charge in [-0.05, 0) is 45.5 Å². The van der Waals surface area contributed by atoms with E-state index in [0.717, 1.165) is 50.8 Å². The third-order valence-corrected chi connectivity index (χ3v) is 3.35. The van der Waals surface area contributed by atoms with Crippen molar-refractivity contribution in [2.24, 2.45) is 5.73 Å². The number of nitrogens with two attached hydrogens (primary N) is 1. The second-order valence-electron chi connectivity index (χ2n) is 4.79. The fraction of sp³-hybridized carbons (Fsp3) is 0.692. The number of nitrogens with zero attached hydrogens (tertiary/aromatic N) is 4. The van der Waals surface area contributed by atoms with Gasteiger partial charge in [0.2, 0.25) is 0 Å². The van der Waals surface area contributed by atoms with Crippen LogP contribution in [0, 0.1) is 6.92 Å². The van der Waals surface area contributed by atoms with E-state index in [4.69, 9.17) is 5.73 Å². The first-order chi connectivity index (χ1) is 8.79. The van der Waals surface area contributed by atoms with Crippen molar-refractivity contribution in [1.82, 2.24) is 14.9 Å². The lowest BCUT2D eigenvalue weighted by Gasteiger charge is -2.22. The zero-order chi connectivity index (χ0) is 12.8. The Bertz CT molecular complexity index is 368. The van der Waals surface area contributed by atoms with E-state index in [-0.39, 0.29) is 0 Å². The molecule has 0 atom stereocenters. The van der Waals surface area contributed by atoms with Gasteiger partial charge >= 0.3 is 0 Å². The predicted molar refractivity (Wildman–Crippen MR) is 73.7 cm³/mol. The summed E-state index contributed by atoms with van der Waals surface area (Å²) >= 11 is 0. The SMILES string of the molecule is Cc1nccc(N2CCCN(CCCN)CC2)n1. The molecule has 2 rings (SSSR count). The Morgan fingerprint density at radius 3 is 2.94 bits per heavy atom. The van der Waals surface area contributed by atoms with Crippen molar-refractivity contribution >= 4 is 5.82 Å². The van der Waals surface area contributed by atoms with E-state index < -0.39 is 0 Å². The monoisotopic (exact) mass is 249 g/mol. The minimum atomic E-state index is 0.783. The van der Waals surface area contributed by atoms with E-state index in [2.05, 4.69) is 19.8 Å². The molecule has 2 N–H and O–H groups in total. The molecule has 5 heteroatoms. The molecule has 0 spiro atoms. The maximum Gasteiger partial charge on any atom is 0.132 e. The van der Waals surface area contributed by atoms with Crippen LogP contribution in [0.1, 0.15) is 18.7 Å². The molecule has 18 heavy (non-hydrogen) atoms. The summed E-state index contributed by atoms with van der Waals surface area (Å²) in [7, 11) is 0. The smallest absolute Gasteiger partial charge is 0.132 e. The van der Waals surface area contributed by atoms with Crippen LogP contribution in [0.4, 0.5) is 5.82 Å². The average Bonchev–Trinajstić information content (AvgIpc) is 2.62. The lowest BCUT2D eigenvalue weighted by atomic mass is 10.3. The largest absolute Gasteiger partial charge is 0.355 e. The lowest BCUT2D eigenvalue weighted by Crippen LogP contribution is -2.32. The van der Waals surface area contributed by atoms with Crippen molar-refractivity contribution in [2.45, 2.75) is 19.8 Å². The van der Waals surface area contributed by atoms with Crippen LogP contribution in [0.2, 0.25) is 0 Å². The number of rotatable bonds is 4. The van der Waals surface area contributed by atoms with Crippen LogP contribution < -0.4 is 10.6 Å². The molecule has 5 nitrogen and oxygen atoms in total. The Morgan fingerprint density at radius 2 is 2.17 bits per heavy atom. The molecule has 1 aromatic rings. The molecule has 0 bridgehead atoms. The number of hydrogen-bond donors (Lipinski definition) is 1. The van der Waals surface area contributed by atoms with Gasteiger partial charge in [0, 0.05) is 25.8 Å². The summed E-state index contributed by atoms with van der Waals surface area (Å²) in [6.45, 7) is 8.23. The topological polar surface area (TPSA) is 58.3 Å². The van der Waals surface area contributed by atoms with E-state index in [9.17, 15) is 0 Å². The van der Waals surface area contributed by atoms with E-state index >= 15 is 0 Å². The van der Waals surface area contributed by atoms with Gasteiger partial charge in [-0.2, -0.15) is 0 Å². The van der Waals surface area contributed by atoms with E-state index in [1.54, 1.807) is 0 Å². The lowest BCUT2D eigenvalue weighted by molar-refractivity contribution is 0.291. The Kier molecular flexibility index (Phi) is 4.90. The van der Waals surface area contributed by atoms with Gasteiger partial charge in [-0.1, -0.05) is 0 Å². The molecule has 0 saturated carbocycles. The fourth-order valence-electron chi connectivity index (χ4n) is 2.36. The quantitative estimate of drug-likeness (QED) is 0.849. The van der Waals surface area contributed by atoms with Crippen LogP contribution >= 0.6 is 0 Å². The fourth-order valence-corrected chi connectivity index (χ4v) is 2.36. The van der Waals surface area contributed by atoms with E-state index in [1.165, 1.54) is 13.0 Å². The summed E-state index contributed by atoms with van der Waals surface area (Å²) in [5, 5.41) is 0. The number of anilines is 1. The number of hydrogen-bond acceptors (Lipinski definition) is 5. The Balaban J connectivity index is 1.92. The first-order valence-electron chi connectivity index (χ1n) is 6.76. The summed E-state index contributed by atoms with van der Waals surface area (Å²) in [6.07, 6.45) is 4.12. The summed E-state index contributed by atoms with van der Waals surface area (Å²) < 4.78 is 0. The van der Waals surface area contributed by atoms with Gasteiger partial charge in [-0.3, -0.25) is 0 Å².